The molecule has 9 nitrogen and oxygen atoms in total. The number of nitrogens with two attached hydrogens (primary N) is 2. The van der Waals surface area contributed by atoms with E-state index in [0.717, 1.165) is 37.7 Å². The summed E-state index contributed by atoms with van der Waals surface area (Å²) >= 11 is 0. The molecule has 3 saturated heterocycles. The average Bonchev–Trinajstić information content (AvgIpc) is 3.24. The lowest BCUT2D eigenvalue weighted by Crippen LogP contribution is -2.69. The number of amides is 2. The van der Waals surface area contributed by atoms with E-state index in [1.54, 1.807) is 6.08 Å². The molecule has 0 radical (unpaired) electrons. The lowest BCUT2D eigenvalue weighted by Gasteiger charge is -2.47. The molecule has 4 aliphatic heterocycles. The van der Waals surface area contributed by atoms with Crippen molar-refractivity contribution in [2.24, 2.45) is 23.3 Å². The number of nitrogens with one attached hydrogen (secondary N) is 3. The Morgan fingerprint density at radius 3 is 2.81 bits per heavy atom. The highest BCUT2D eigenvalue weighted by molar-refractivity contribution is 5.83. The molecule has 206 valence electrons. The van der Waals surface area contributed by atoms with Gasteiger partial charge in [-0.05, 0) is 43.6 Å². The third kappa shape index (κ3) is 5.55. The van der Waals surface area contributed by atoms with Gasteiger partial charge < -0.3 is 32.3 Å². The van der Waals surface area contributed by atoms with Crippen LogP contribution in [0, 0.1) is 11.8 Å². The maximum atomic E-state index is 15.4. The van der Waals surface area contributed by atoms with E-state index < -0.39 is 30.3 Å². The van der Waals surface area contributed by atoms with Crippen LogP contribution in [0.5, 0.6) is 0 Å². The minimum atomic E-state index is -1.17. The summed E-state index contributed by atoms with van der Waals surface area (Å²) in [5, 5.41) is 9.34. The molecule has 0 aromatic heterocycles. The lowest BCUT2D eigenvalue weighted by molar-refractivity contribution is -0.131. The summed E-state index contributed by atoms with van der Waals surface area (Å²) < 4.78 is 29.7. The molecule has 2 amide bonds. The molecule has 5 rings (SSSR count). The molecule has 1 aliphatic carbocycles. The minimum absolute atomic E-state index is 0.00734. The topological polar surface area (TPSA) is 129 Å². The summed E-state index contributed by atoms with van der Waals surface area (Å²) in [7, 11) is 0. The second-order valence-electron chi connectivity index (χ2n) is 11.2. The number of hydrogen-bond donors (Lipinski definition) is 5. The van der Waals surface area contributed by atoms with Gasteiger partial charge in [-0.3, -0.25) is 14.5 Å². The van der Waals surface area contributed by atoms with Crippen molar-refractivity contribution in [3.05, 3.63) is 23.2 Å². The monoisotopic (exact) mass is 521 g/mol. The quantitative estimate of drug-likeness (QED) is 0.328. The van der Waals surface area contributed by atoms with Crippen molar-refractivity contribution < 1.29 is 18.4 Å². The molecule has 7 N–H and O–H groups in total. The SMILES string of the molecule is NC(N)C(C(=O)NC1CNCC(F)C1N1CCN2C(=O)CCC2C1)/C1=C2\CCCCC2C/C=C(/F)CN1. The largest absolute Gasteiger partial charge is 0.381 e. The van der Waals surface area contributed by atoms with E-state index in [1.165, 1.54) is 0 Å². The number of carbonyl (C=O) groups is 2. The van der Waals surface area contributed by atoms with Crippen molar-refractivity contribution in [2.45, 2.75) is 75.4 Å². The molecule has 4 fully saturated rings. The first kappa shape index (κ1) is 26.5. The number of carbonyl (C=O) groups excluding carboxylic acids is 2. The van der Waals surface area contributed by atoms with Gasteiger partial charge in [0.25, 0.3) is 0 Å². The molecule has 0 bridgehead atoms. The summed E-state index contributed by atoms with van der Waals surface area (Å²) in [5.74, 6) is -1.18. The zero-order chi connectivity index (χ0) is 26.1. The number of piperazine rings is 1. The second-order valence-corrected chi connectivity index (χ2v) is 11.2. The van der Waals surface area contributed by atoms with Crippen LogP contribution in [0.3, 0.4) is 0 Å². The molecule has 0 spiro atoms. The van der Waals surface area contributed by atoms with Gasteiger partial charge in [0.15, 0.2) is 0 Å². The van der Waals surface area contributed by atoms with Gasteiger partial charge in [-0.1, -0.05) is 12.5 Å². The van der Waals surface area contributed by atoms with Crippen molar-refractivity contribution in [3.8, 4) is 0 Å². The molecule has 0 aromatic rings. The summed E-state index contributed by atoms with van der Waals surface area (Å²) in [6.45, 7) is 2.39. The number of fused-ring (bicyclic) bond motifs is 2. The summed E-state index contributed by atoms with van der Waals surface area (Å²) in [6, 6.07) is -0.898. The van der Waals surface area contributed by atoms with Crippen molar-refractivity contribution in [1.29, 1.82) is 0 Å². The summed E-state index contributed by atoms with van der Waals surface area (Å²) in [6.07, 6.45) is 5.23. The van der Waals surface area contributed by atoms with Crippen LogP contribution in [0.1, 0.15) is 44.9 Å². The first-order valence-electron chi connectivity index (χ1n) is 13.8. The Bertz CT molecular complexity index is 942. The predicted molar refractivity (Wildman–Crippen MR) is 136 cm³/mol. The second kappa shape index (κ2) is 11.3. The number of hydrogen-bond acceptors (Lipinski definition) is 7. The molecular formula is C26H41F2N7O2. The zero-order valence-corrected chi connectivity index (χ0v) is 21.4. The van der Waals surface area contributed by atoms with E-state index in [2.05, 4.69) is 20.9 Å². The Kier molecular flexibility index (Phi) is 8.13. The molecule has 1 saturated carbocycles. The Balaban J connectivity index is 1.36. The molecular weight excluding hydrogens is 480 g/mol. The van der Waals surface area contributed by atoms with E-state index in [0.29, 0.717) is 44.7 Å². The van der Waals surface area contributed by atoms with Gasteiger partial charge in [0.05, 0.1) is 24.8 Å². The van der Waals surface area contributed by atoms with Crippen molar-refractivity contribution in [1.82, 2.24) is 25.8 Å². The number of allylic oxidation sites excluding steroid dienone is 2. The number of halogens is 2. The number of alkyl halides is 1. The van der Waals surface area contributed by atoms with Gasteiger partial charge in [0.2, 0.25) is 11.8 Å². The third-order valence-corrected chi connectivity index (χ3v) is 8.90. The van der Waals surface area contributed by atoms with Crippen LogP contribution in [-0.2, 0) is 9.59 Å². The summed E-state index contributed by atoms with van der Waals surface area (Å²) in [5.41, 5.74) is 14.1. The molecule has 4 heterocycles. The van der Waals surface area contributed by atoms with Crippen molar-refractivity contribution >= 4 is 11.8 Å². The van der Waals surface area contributed by atoms with E-state index in [9.17, 15) is 14.0 Å². The zero-order valence-electron chi connectivity index (χ0n) is 21.4. The normalized spacial score (nSPS) is 37.5. The van der Waals surface area contributed by atoms with E-state index >= 15 is 4.39 Å². The minimum Gasteiger partial charge on any atom is -0.381 e. The third-order valence-electron chi connectivity index (χ3n) is 8.90. The Morgan fingerprint density at radius 2 is 2.00 bits per heavy atom. The van der Waals surface area contributed by atoms with E-state index in [-0.39, 0.29) is 42.7 Å². The van der Waals surface area contributed by atoms with E-state index in [4.69, 9.17) is 11.5 Å². The fraction of sp³-hybridized carbons (Fsp3) is 0.769. The van der Waals surface area contributed by atoms with Crippen molar-refractivity contribution in [2.75, 3.05) is 39.3 Å². The molecule has 5 aliphatic rings. The molecule has 11 heteroatoms. The van der Waals surface area contributed by atoms with Crippen LogP contribution in [0.4, 0.5) is 8.78 Å². The molecule has 6 atom stereocenters. The van der Waals surface area contributed by atoms with Gasteiger partial charge in [-0.25, -0.2) is 8.78 Å². The summed E-state index contributed by atoms with van der Waals surface area (Å²) in [4.78, 5) is 29.9. The lowest BCUT2D eigenvalue weighted by atomic mass is 9.78. The predicted octanol–water partition coefficient (Wildman–Crippen LogP) is 0.238. The van der Waals surface area contributed by atoms with Gasteiger partial charge in [0.1, 0.15) is 17.9 Å². The maximum absolute atomic E-state index is 15.4. The van der Waals surface area contributed by atoms with Crippen LogP contribution < -0.4 is 27.4 Å². The van der Waals surface area contributed by atoms with Crippen LogP contribution in [0.2, 0.25) is 0 Å². The van der Waals surface area contributed by atoms with Gasteiger partial charge in [0, 0.05) is 50.9 Å². The first-order chi connectivity index (χ1) is 17.8. The highest BCUT2D eigenvalue weighted by Crippen LogP contribution is 2.37. The van der Waals surface area contributed by atoms with Crippen LogP contribution in [0.25, 0.3) is 0 Å². The average molecular weight is 522 g/mol. The van der Waals surface area contributed by atoms with Crippen LogP contribution in [-0.4, -0.2) is 91.3 Å². The van der Waals surface area contributed by atoms with Gasteiger partial charge in [-0.2, -0.15) is 0 Å². The number of nitrogens with zero attached hydrogens (tertiary/aromatic N) is 2. The fourth-order valence-electron chi connectivity index (χ4n) is 7.06. The highest BCUT2D eigenvalue weighted by Gasteiger charge is 2.45. The highest BCUT2D eigenvalue weighted by atomic mass is 19.1. The van der Waals surface area contributed by atoms with Crippen LogP contribution >= 0.6 is 0 Å². The smallest absolute Gasteiger partial charge is 0.232 e. The first-order valence-corrected chi connectivity index (χ1v) is 13.8. The Labute approximate surface area is 217 Å². The fourth-order valence-corrected chi connectivity index (χ4v) is 7.06. The van der Waals surface area contributed by atoms with Crippen molar-refractivity contribution in [3.63, 3.8) is 0 Å². The standard InChI is InChI=1S/C26H41F2N7O2/c27-16-6-5-15-3-1-2-4-18(15)23(32-11-16)22(25(29)30)26(37)33-20-13-31-12-19(28)24(20)34-9-10-35-17(14-34)7-8-21(35)36/h6,15,17,19-20,22,24-25,31-32H,1-5,7-14,29-30H2,(H,33,37)/b16-6+,23-18-. The van der Waals surface area contributed by atoms with E-state index in [1.807, 2.05) is 4.90 Å². The maximum Gasteiger partial charge on any atom is 0.232 e. The molecule has 37 heavy (non-hydrogen) atoms. The Morgan fingerprint density at radius 1 is 1.16 bits per heavy atom. The number of piperidine rings is 1. The number of rotatable bonds is 5. The Hall–Kier alpha value is -2.08. The molecule has 0 aromatic carbocycles. The van der Waals surface area contributed by atoms with Gasteiger partial charge >= 0.3 is 0 Å². The van der Waals surface area contributed by atoms with Crippen LogP contribution in [0.15, 0.2) is 23.2 Å². The van der Waals surface area contributed by atoms with Gasteiger partial charge in [-0.15, -0.1) is 0 Å². The molecule has 6 unspecified atom stereocenters.